The van der Waals surface area contributed by atoms with E-state index in [2.05, 4.69) is 17.1 Å². The van der Waals surface area contributed by atoms with E-state index in [-0.39, 0.29) is 10.8 Å². The smallest absolute Gasteiger partial charge is 0.141 e. The molecule has 0 amide bonds. The van der Waals surface area contributed by atoms with E-state index in [0.29, 0.717) is 12.1 Å². The van der Waals surface area contributed by atoms with Gasteiger partial charge >= 0.3 is 0 Å². The molecule has 94 valence electrons. The molecule has 2 unspecified atom stereocenters. The van der Waals surface area contributed by atoms with Crippen LogP contribution in [0.2, 0.25) is 5.02 Å². The summed E-state index contributed by atoms with van der Waals surface area (Å²) < 4.78 is 13.1. The number of hydrogen-bond acceptors (Lipinski definition) is 2. The fourth-order valence-corrected chi connectivity index (χ4v) is 2.66. The monoisotopic (exact) mass is 256 g/mol. The first-order valence-corrected chi connectivity index (χ1v) is 6.38. The van der Waals surface area contributed by atoms with E-state index in [4.69, 9.17) is 11.6 Å². The van der Waals surface area contributed by atoms with Gasteiger partial charge in [-0.1, -0.05) is 11.6 Å². The van der Waals surface area contributed by atoms with Crippen LogP contribution in [0, 0.1) is 5.82 Å². The van der Waals surface area contributed by atoms with Crippen molar-refractivity contribution in [2.24, 2.45) is 0 Å². The Bertz CT molecular complexity index is 397. The molecular formula is C13H18ClFN2. The lowest BCUT2D eigenvalue weighted by Gasteiger charge is -2.39. The Morgan fingerprint density at radius 2 is 2.24 bits per heavy atom. The van der Waals surface area contributed by atoms with Crippen molar-refractivity contribution in [2.75, 3.05) is 18.5 Å². The van der Waals surface area contributed by atoms with Gasteiger partial charge in [0.1, 0.15) is 5.82 Å². The minimum absolute atomic E-state index is 0.199. The molecule has 1 N–H and O–H groups in total. The lowest BCUT2D eigenvalue weighted by atomic mass is 9.98. The van der Waals surface area contributed by atoms with Gasteiger partial charge in [0.25, 0.3) is 0 Å². The number of hydrogen-bond donors (Lipinski definition) is 1. The van der Waals surface area contributed by atoms with Gasteiger partial charge in [0, 0.05) is 24.3 Å². The second-order valence-corrected chi connectivity index (χ2v) is 5.06. The lowest BCUT2D eigenvalue weighted by Crippen LogP contribution is -2.46. The van der Waals surface area contributed by atoms with Gasteiger partial charge in [-0.3, -0.25) is 0 Å². The maximum Gasteiger partial charge on any atom is 0.141 e. The molecule has 17 heavy (non-hydrogen) atoms. The molecule has 1 fully saturated rings. The second kappa shape index (κ2) is 5.23. The van der Waals surface area contributed by atoms with Gasteiger partial charge in [0.2, 0.25) is 0 Å². The van der Waals surface area contributed by atoms with E-state index in [0.717, 1.165) is 25.1 Å². The highest BCUT2D eigenvalue weighted by atomic mass is 35.5. The maximum atomic E-state index is 13.1. The van der Waals surface area contributed by atoms with Crippen molar-refractivity contribution >= 4 is 17.3 Å². The van der Waals surface area contributed by atoms with Crippen LogP contribution in [0.1, 0.15) is 19.8 Å². The van der Waals surface area contributed by atoms with E-state index in [1.807, 2.05) is 7.05 Å². The van der Waals surface area contributed by atoms with Crippen molar-refractivity contribution in [3.8, 4) is 0 Å². The van der Waals surface area contributed by atoms with Gasteiger partial charge in [0.05, 0.1) is 5.02 Å². The average molecular weight is 257 g/mol. The van der Waals surface area contributed by atoms with Crippen LogP contribution in [-0.4, -0.2) is 25.7 Å². The molecule has 0 saturated carbocycles. The SMILES string of the molecule is CNC1CCN(c2ccc(F)c(Cl)c2)C(C)C1. The van der Waals surface area contributed by atoms with Crippen molar-refractivity contribution < 1.29 is 4.39 Å². The summed E-state index contributed by atoms with van der Waals surface area (Å²) in [6.45, 7) is 3.18. The summed E-state index contributed by atoms with van der Waals surface area (Å²) in [5, 5.41) is 3.51. The standard InChI is InChI=1S/C13H18ClFN2/c1-9-7-10(16-2)5-6-17(9)11-3-4-13(15)12(14)8-11/h3-4,8-10,16H,5-7H2,1-2H3. The predicted molar refractivity (Wildman–Crippen MR) is 70.3 cm³/mol. The number of anilines is 1. The summed E-state index contributed by atoms with van der Waals surface area (Å²) in [5.74, 6) is -0.354. The zero-order valence-electron chi connectivity index (χ0n) is 10.2. The molecule has 0 bridgehead atoms. The zero-order chi connectivity index (χ0) is 12.4. The Labute approximate surface area is 107 Å². The average Bonchev–Trinajstić information content (AvgIpc) is 2.32. The minimum atomic E-state index is -0.354. The predicted octanol–water partition coefficient (Wildman–Crippen LogP) is 3.06. The van der Waals surface area contributed by atoms with Crippen LogP contribution in [0.5, 0.6) is 0 Å². The highest BCUT2D eigenvalue weighted by molar-refractivity contribution is 6.31. The van der Waals surface area contributed by atoms with E-state index < -0.39 is 0 Å². The Balaban J connectivity index is 2.14. The van der Waals surface area contributed by atoms with Crippen LogP contribution in [-0.2, 0) is 0 Å². The number of halogens is 2. The van der Waals surface area contributed by atoms with Crippen LogP contribution in [0.25, 0.3) is 0 Å². The fraction of sp³-hybridized carbons (Fsp3) is 0.538. The molecule has 2 atom stereocenters. The van der Waals surface area contributed by atoms with Crippen LogP contribution < -0.4 is 10.2 Å². The first kappa shape index (κ1) is 12.7. The Morgan fingerprint density at radius 3 is 2.82 bits per heavy atom. The van der Waals surface area contributed by atoms with Gasteiger partial charge in [-0.2, -0.15) is 0 Å². The topological polar surface area (TPSA) is 15.3 Å². The molecule has 1 aliphatic rings. The van der Waals surface area contributed by atoms with E-state index in [1.165, 1.54) is 6.07 Å². The van der Waals surface area contributed by atoms with Crippen LogP contribution in [0.3, 0.4) is 0 Å². The molecular weight excluding hydrogens is 239 g/mol. The number of benzene rings is 1. The number of nitrogens with zero attached hydrogens (tertiary/aromatic N) is 1. The van der Waals surface area contributed by atoms with E-state index in [9.17, 15) is 4.39 Å². The molecule has 1 saturated heterocycles. The van der Waals surface area contributed by atoms with Gasteiger partial charge in [-0.25, -0.2) is 4.39 Å². The molecule has 1 heterocycles. The third-order valence-electron chi connectivity index (χ3n) is 3.52. The summed E-state index contributed by atoms with van der Waals surface area (Å²) in [6.07, 6.45) is 2.21. The second-order valence-electron chi connectivity index (χ2n) is 4.65. The molecule has 2 nitrogen and oxygen atoms in total. The van der Waals surface area contributed by atoms with E-state index >= 15 is 0 Å². The third kappa shape index (κ3) is 2.72. The fourth-order valence-electron chi connectivity index (χ4n) is 2.48. The molecule has 2 rings (SSSR count). The lowest BCUT2D eigenvalue weighted by molar-refractivity contribution is 0.387. The zero-order valence-corrected chi connectivity index (χ0v) is 11.0. The quantitative estimate of drug-likeness (QED) is 0.875. The highest BCUT2D eigenvalue weighted by Crippen LogP contribution is 2.28. The molecule has 1 aromatic carbocycles. The van der Waals surface area contributed by atoms with Crippen LogP contribution in [0.15, 0.2) is 18.2 Å². The molecule has 0 spiro atoms. The van der Waals surface area contributed by atoms with Crippen LogP contribution in [0.4, 0.5) is 10.1 Å². The van der Waals surface area contributed by atoms with Gasteiger partial charge in [-0.05, 0) is 45.0 Å². The first-order chi connectivity index (χ1) is 8.11. The number of nitrogens with one attached hydrogen (secondary N) is 1. The molecule has 0 radical (unpaired) electrons. The van der Waals surface area contributed by atoms with Gasteiger partial charge in [0.15, 0.2) is 0 Å². The minimum Gasteiger partial charge on any atom is -0.369 e. The van der Waals surface area contributed by atoms with Crippen molar-refractivity contribution in [3.63, 3.8) is 0 Å². The van der Waals surface area contributed by atoms with Crippen molar-refractivity contribution in [1.82, 2.24) is 5.32 Å². The molecule has 1 aliphatic heterocycles. The Kier molecular flexibility index (Phi) is 3.89. The first-order valence-electron chi connectivity index (χ1n) is 6.00. The summed E-state index contributed by atoms with van der Waals surface area (Å²) in [6, 6.07) is 5.99. The molecule has 4 heteroatoms. The van der Waals surface area contributed by atoms with Crippen molar-refractivity contribution in [1.29, 1.82) is 0 Å². The Morgan fingerprint density at radius 1 is 1.47 bits per heavy atom. The number of rotatable bonds is 2. The summed E-state index contributed by atoms with van der Waals surface area (Å²) >= 11 is 5.82. The summed E-state index contributed by atoms with van der Waals surface area (Å²) in [5.41, 5.74) is 1.01. The molecule has 0 aliphatic carbocycles. The normalized spacial score (nSPS) is 25.1. The molecule has 0 aromatic heterocycles. The van der Waals surface area contributed by atoms with Crippen LogP contribution >= 0.6 is 11.6 Å². The van der Waals surface area contributed by atoms with Crippen molar-refractivity contribution in [3.05, 3.63) is 29.0 Å². The number of piperidine rings is 1. The molecule has 1 aromatic rings. The largest absolute Gasteiger partial charge is 0.369 e. The summed E-state index contributed by atoms with van der Waals surface area (Å²) in [4.78, 5) is 2.29. The third-order valence-corrected chi connectivity index (χ3v) is 3.81. The summed E-state index contributed by atoms with van der Waals surface area (Å²) in [7, 11) is 2.00. The Hall–Kier alpha value is -0.800. The van der Waals surface area contributed by atoms with Gasteiger partial charge < -0.3 is 10.2 Å². The highest BCUT2D eigenvalue weighted by Gasteiger charge is 2.24. The van der Waals surface area contributed by atoms with Gasteiger partial charge in [-0.15, -0.1) is 0 Å². The van der Waals surface area contributed by atoms with Crippen molar-refractivity contribution in [2.45, 2.75) is 31.8 Å². The van der Waals surface area contributed by atoms with E-state index in [1.54, 1.807) is 12.1 Å². The maximum absolute atomic E-state index is 13.1.